The molecule has 0 aliphatic carbocycles. The zero-order chi connectivity index (χ0) is 18.5. The fraction of sp³-hybridized carbons (Fsp3) is 0.333. The van der Waals surface area contributed by atoms with Gasteiger partial charge in [0.2, 0.25) is 5.91 Å². The van der Waals surface area contributed by atoms with Crippen LogP contribution < -0.4 is 5.32 Å². The molecule has 27 heavy (non-hydrogen) atoms. The Balaban J connectivity index is 1.36. The van der Waals surface area contributed by atoms with E-state index in [0.717, 1.165) is 49.5 Å². The number of amides is 1. The zero-order valence-electron chi connectivity index (χ0n) is 15.3. The normalized spacial score (nSPS) is 17.7. The van der Waals surface area contributed by atoms with Gasteiger partial charge in [-0.25, -0.2) is 4.68 Å². The van der Waals surface area contributed by atoms with Gasteiger partial charge >= 0.3 is 0 Å². The molecule has 3 aromatic rings. The van der Waals surface area contributed by atoms with Crippen molar-refractivity contribution in [2.45, 2.75) is 25.9 Å². The summed E-state index contributed by atoms with van der Waals surface area (Å²) < 4.78 is 7.26. The smallest absolute Gasteiger partial charge is 0.224 e. The number of aromatic nitrogens is 2. The Bertz CT molecular complexity index is 858. The molecule has 6 heteroatoms. The van der Waals surface area contributed by atoms with Crippen LogP contribution >= 0.6 is 0 Å². The highest BCUT2D eigenvalue weighted by molar-refractivity contribution is 5.79. The average Bonchev–Trinajstić information content (AvgIpc) is 3.41. The zero-order valence-corrected chi connectivity index (χ0v) is 15.3. The van der Waals surface area contributed by atoms with Gasteiger partial charge in [0, 0.05) is 25.5 Å². The van der Waals surface area contributed by atoms with Gasteiger partial charge in [-0.15, -0.1) is 0 Å². The van der Waals surface area contributed by atoms with E-state index in [1.165, 1.54) is 0 Å². The Morgan fingerprint density at radius 1 is 1.22 bits per heavy atom. The van der Waals surface area contributed by atoms with Crippen molar-refractivity contribution in [3.63, 3.8) is 0 Å². The minimum Gasteiger partial charge on any atom is -0.468 e. The largest absolute Gasteiger partial charge is 0.468 e. The molecule has 1 saturated heterocycles. The van der Waals surface area contributed by atoms with Crippen molar-refractivity contribution in [3.05, 3.63) is 72.4 Å². The van der Waals surface area contributed by atoms with Crippen LogP contribution in [0.1, 0.15) is 24.2 Å². The number of nitrogens with zero attached hydrogens (tertiary/aromatic N) is 3. The molecule has 2 aromatic heterocycles. The molecule has 4 rings (SSSR count). The van der Waals surface area contributed by atoms with Crippen LogP contribution in [0.25, 0.3) is 5.69 Å². The van der Waals surface area contributed by atoms with Crippen molar-refractivity contribution in [1.82, 2.24) is 20.0 Å². The third-order valence-electron chi connectivity index (χ3n) is 5.03. The van der Waals surface area contributed by atoms with E-state index in [-0.39, 0.29) is 11.8 Å². The van der Waals surface area contributed by atoms with E-state index in [4.69, 9.17) is 4.42 Å². The summed E-state index contributed by atoms with van der Waals surface area (Å²) in [5.74, 6) is 1.09. The number of para-hydroxylation sites is 1. The topological polar surface area (TPSA) is 63.3 Å². The molecule has 1 fully saturated rings. The van der Waals surface area contributed by atoms with Crippen molar-refractivity contribution in [2.75, 3.05) is 13.1 Å². The summed E-state index contributed by atoms with van der Waals surface area (Å²) in [4.78, 5) is 15.0. The third kappa shape index (κ3) is 4.28. The van der Waals surface area contributed by atoms with E-state index in [2.05, 4.69) is 15.3 Å². The summed E-state index contributed by atoms with van der Waals surface area (Å²) in [6.07, 6.45) is 7.32. The summed E-state index contributed by atoms with van der Waals surface area (Å²) in [5.41, 5.74) is 2.05. The molecule has 1 amide bonds. The van der Waals surface area contributed by atoms with Gasteiger partial charge in [-0.1, -0.05) is 18.2 Å². The first-order valence-electron chi connectivity index (χ1n) is 9.40. The van der Waals surface area contributed by atoms with Crippen molar-refractivity contribution in [2.24, 2.45) is 5.92 Å². The van der Waals surface area contributed by atoms with Crippen LogP contribution in [0.4, 0.5) is 0 Å². The number of hydrogen-bond donors (Lipinski definition) is 1. The summed E-state index contributed by atoms with van der Waals surface area (Å²) >= 11 is 0. The lowest BCUT2D eigenvalue weighted by atomic mass is 9.97. The Morgan fingerprint density at radius 3 is 2.96 bits per heavy atom. The molecule has 0 radical (unpaired) electrons. The first kappa shape index (κ1) is 17.5. The lowest BCUT2D eigenvalue weighted by molar-refractivity contribution is -0.127. The van der Waals surface area contributed by atoms with Crippen LogP contribution in [-0.2, 0) is 17.9 Å². The molecule has 140 valence electrons. The number of piperidine rings is 1. The number of carbonyl (C=O) groups is 1. The highest BCUT2D eigenvalue weighted by Gasteiger charge is 2.26. The summed E-state index contributed by atoms with van der Waals surface area (Å²) in [6.45, 7) is 3.04. The van der Waals surface area contributed by atoms with Crippen LogP contribution in [0.3, 0.4) is 0 Å². The second-order valence-electron chi connectivity index (χ2n) is 6.95. The maximum absolute atomic E-state index is 12.7. The van der Waals surface area contributed by atoms with Crippen LogP contribution in [0.5, 0.6) is 0 Å². The molecule has 0 bridgehead atoms. The second kappa shape index (κ2) is 8.22. The molecule has 0 spiro atoms. The second-order valence-corrected chi connectivity index (χ2v) is 6.95. The monoisotopic (exact) mass is 364 g/mol. The van der Waals surface area contributed by atoms with Gasteiger partial charge in [-0.05, 0) is 49.2 Å². The highest BCUT2D eigenvalue weighted by Crippen LogP contribution is 2.20. The van der Waals surface area contributed by atoms with E-state index in [1.807, 2.05) is 53.3 Å². The van der Waals surface area contributed by atoms with Crippen LogP contribution in [-0.4, -0.2) is 33.7 Å². The van der Waals surface area contributed by atoms with Gasteiger partial charge in [-0.2, -0.15) is 5.10 Å². The molecule has 1 aliphatic rings. The number of benzene rings is 1. The summed E-state index contributed by atoms with van der Waals surface area (Å²) in [5, 5.41) is 7.42. The van der Waals surface area contributed by atoms with Crippen molar-refractivity contribution in [3.8, 4) is 5.69 Å². The molecule has 0 saturated carbocycles. The average molecular weight is 364 g/mol. The Kier molecular flexibility index (Phi) is 5.34. The lowest BCUT2D eigenvalue weighted by Gasteiger charge is -2.31. The van der Waals surface area contributed by atoms with Crippen LogP contribution in [0.2, 0.25) is 0 Å². The van der Waals surface area contributed by atoms with Gasteiger partial charge in [-0.3, -0.25) is 9.69 Å². The first-order valence-corrected chi connectivity index (χ1v) is 9.40. The van der Waals surface area contributed by atoms with Gasteiger partial charge in [0.15, 0.2) is 0 Å². The quantitative estimate of drug-likeness (QED) is 0.730. The first-order chi connectivity index (χ1) is 13.3. The van der Waals surface area contributed by atoms with Crippen molar-refractivity contribution < 1.29 is 9.21 Å². The minimum absolute atomic E-state index is 0.0191. The van der Waals surface area contributed by atoms with Crippen LogP contribution in [0.15, 0.2) is 65.5 Å². The number of furan rings is 1. The summed E-state index contributed by atoms with van der Waals surface area (Å²) in [7, 11) is 0. The van der Waals surface area contributed by atoms with E-state index in [0.29, 0.717) is 6.54 Å². The predicted molar refractivity (Wildman–Crippen MR) is 102 cm³/mol. The molecule has 3 heterocycles. The Hall–Kier alpha value is -2.86. The van der Waals surface area contributed by atoms with Crippen molar-refractivity contribution >= 4 is 5.91 Å². The maximum atomic E-state index is 12.7. The highest BCUT2D eigenvalue weighted by atomic mass is 16.3. The lowest BCUT2D eigenvalue weighted by Crippen LogP contribution is -2.42. The number of nitrogens with one attached hydrogen (secondary N) is 1. The SMILES string of the molecule is O=C(NCc1ccccc1-n1cccn1)C1CCCN(Cc2ccco2)C1. The molecule has 1 N–H and O–H groups in total. The number of carbonyl (C=O) groups excluding carboxylic acids is 1. The third-order valence-corrected chi connectivity index (χ3v) is 5.03. The number of likely N-dealkylation sites (tertiary alicyclic amines) is 1. The van der Waals surface area contributed by atoms with E-state index < -0.39 is 0 Å². The van der Waals surface area contributed by atoms with Crippen molar-refractivity contribution in [1.29, 1.82) is 0 Å². The molecule has 1 atom stereocenters. The van der Waals surface area contributed by atoms with E-state index in [9.17, 15) is 4.79 Å². The molecule has 1 unspecified atom stereocenters. The summed E-state index contributed by atoms with van der Waals surface area (Å²) in [6, 6.07) is 13.8. The maximum Gasteiger partial charge on any atom is 0.224 e. The standard InChI is InChI=1S/C21H24N4O2/c26-21(18-7-3-11-24(15-18)16-19-8-4-13-27-19)22-14-17-6-1-2-9-20(17)25-12-5-10-23-25/h1-2,4-6,8-10,12-13,18H,3,7,11,14-16H2,(H,22,26). The molecule has 1 aromatic carbocycles. The fourth-order valence-electron chi connectivity index (χ4n) is 3.66. The van der Waals surface area contributed by atoms with Gasteiger partial charge in [0.25, 0.3) is 0 Å². The molecule has 1 aliphatic heterocycles. The van der Waals surface area contributed by atoms with Crippen LogP contribution in [0, 0.1) is 5.92 Å². The minimum atomic E-state index is 0.0191. The Labute approximate surface area is 158 Å². The van der Waals surface area contributed by atoms with E-state index >= 15 is 0 Å². The number of rotatable bonds is 6. The fourth-order valence-corrected chi connectivity index (χ4v) is 3.66. The molecular formula is C21H24N4O2. The molecular weight excluding hydrogens is 340 g/mol. The van der Waals surface area contributed by atoms with E-state index in [1.54, 1.807) is 12.5 Å². The van der Waals surface area contributed by atoms with Gasteiger partial charge in [0.1, 0.15) is 5.76 Å². The van der Waals surface area contributed by atoms with Gasteiger partial charge < -0.3 is 9.73 Å². The van der Waals surface area contributed by atoms with Gasteiger partial charge in [0.05, 0.1) is 24.4 Å². The molecule has 6 nitrogen and oxygen atoms in total. The Morgan fingerprint density at radius 2 is 2.15 bits per heavy atom. The predicted octanol–water partition coefficient (Wildman–Crippen LogP) is 2.99. The number of hydrogen-bond acceptors (Lipinski definition) is 4.